The van der Waals surface area contributed by atoms with Crippen LogP contribution in [0.5, 0.6) is 5.75 Å². The fraction of sp³-hybridized carbons (Fsp3) is 0.429. The summed E-state index contributed by atoms with van der Waals surface area (Å²) in [5.74, 6) is 0.879. The molecule has 26 heavy (non-hydrogen) atoms. The summed E-state index contributed by atoms with van der Waals surface area (Å²) in [6.07, 6.45) is 0.611. The Morgan fingerprint density at radius 2 is 1.77 bits per heavy atom. The quantitative estimate of drug-likeness (QED) is 0.427. The lowest BCUT2D eigenvalue weighted by molar-refractivity contribution is -0.0763. The molecule has 0 fully saturated rings. The molecule has 0 amide bonds. The van der Waals surface area contributed by atoms with Gasteiger partial charge in [0, 0.05) is 16.0 Å². The van der Waals surface area contributed by atoms with Crippen LogP contribution in [0.3, 0.4) is 0 Å². The Morgan fingerprint density at radius 1 is 1.08 bits per heavy atom. The van der Waals surface area contributed by atoms with Crippen LogP contribution in [-0.4, -0.2) is 30.8 Å². The van der Waals surface area contributed by atoms with E-state index in [1.54, 1.807) is 0 Å². The molecule has 1 atom stereocenters. The van der Waals surface area contributed by atoms with E-state index in [1.807, 2.05) is 43.3 Å². The minimum atomic E-state index is -0.334. The van der Waals surface area contributed by atoms with Gasteiger partial charge >= 0.3 is 0 Å². The first-order valence-corrected chi connectivity index (χ1v) is 10.2. The van der Waals surface area contributed by atoms with E-state index in [0.29, 0.717) is 6.61 Å². The average Bonchev–Trinajstić information content (AvgIpc) is 2.64. The second-order valence-electron chi connectivity index (χ2n) is 6.15. The van der Waals surface area contributed by atoms with Crippen molar-refractivity contribution in [3.63, 3.8) is 0 Å². The molecule has 0 aliphatic carbocycles. The van der Waals surface area contributed by atoms with Gasteiger partial charge in [-0.25, -0.2) is 0 Å². The van der Waals surface area contributed by atoms with Crippen LogP contribution in [0, 0.1) is 0 Å². The molecule has 1 unspecified atom stereocenters. The van der Waals surface area contributed by atoms with Crippen LogP contribution >= 0.6 is 27.5 Å². The van der Waals surface area contributed by atoms with Crippen molar-refractivity contribution in [1.29, 1.82) is 0 Å². The molecule has 0 saturated heterocycles. The largest absolute Gasteiger partial charge is 0.465 e. The lowest BCUT2D eigenvalue weighted by Crippen LogP contribution is -2.25. The van der Waals surface area contributed by atoms with Gasteiger partial charge in [0.25, 0.3) is 0 Å². The van der Waals surface area contributed by atoms with Crippen molar-refractivity contribution in [2.45, 2.75) is 40.1 Å². The predicted octanol–water partition coefficient (Wildman–Crippen LogP) is 5.93. The molecule has 0 bridgehead atoms. The van der Waals surface area contributed by atoms with Crippen molar-refractivity contribution < 1.29 is 9.47 Å². The molecule has 0 radical (unpaired) electrons. The summed E-state index contributed by atoms with van der Waals surface area (Å²) in [7, 11) is 0. The molecular formula is C21H27BrClNO2. The molecule has 0 N–H and O–H groups in total. The van der Waals surface area contributed by atoms with Crippen molar-refractivity contribution in [1.82, 2.24) is 4.90 Å². The number of hydrogen-bond donors (Lipinski definition) is 0. The first kappa shape index (κ1) is 21.2. The zero-order valence-electron chi connectivity index (χ0n) is 15.7. The molecule has 142 valence electrons. The Hall–Kier alpha value is -1.07. The van der Waals surface area contributed by atoms with Crippen LogP contribution in [-0.2, 0) is 17.8 Å². The number of halogens is 2. The van der Waals surface area contributed by atoms with Gasteiger partial charge in [-0.3, -0.25) is 0 Å². The highest BCUT2D eigenvalue weighted by Crippen LogP contribution is 2.25. The summed E-state index contributed by atoms with van der Waals surface area (Å²) in [5, 5.41) is 0.728. The highest BCUT2D eigenvalue weighted by atomic mass is 79.9. The molecule has 2 aromatic rings. The van der Waals surface area contributed by atoms with E-state index in [9.17, 15) is 0 Å². The van der Waals surface area contributed by atoms with Gasteiger partial charge in [-0.05, 0) is 67.9 Å². The van der Waals surface area contributed by atoms with Crippen molar-refractivity contribution >= 4 is 27.5 Å². The Bertz CT molecular complexity index is 674. The molecule has 0 saturated carbocycles. The maximum atomic E-state index is 6.06. The average molecular weight is 441 g/mol. The van der Waals surface area contributed by atoms with E-state index in [1.165, 1.54) is 5.56 Å². The monoisotopic (exact) mass is 439 g/mol. The van der Waals surface area contributed by atoms with Crippen LogP contribution in [0.25, 0.3) is 0 Å². The van der Waals surface area contributed by atoms with Gasteiger partial charge in [0.2, 0.25) is 0 Å². The third-order valence-electron chi connectivity index (χ3n) is 4.31. The lowest BCUT2D eigenvalue weighted by atomic mass is 10.1. The maximum Gasteiger partial charge on any atom is 0.197 e. The minimum absolute atomic E-state index is 0.334. The van der Waals surface area contributed by atoms with Gasteiger partial charge in [0.1, 0.15) is 5.75 Å². The number of benzene rings is 2. The molecule has 0 aromatic heterocycles. The maximum absolute atomic E-state index is 6.06. The molecule has 0 heterocycles. The molecule has 0 aliphatic rings. The lowest BCUT2D eigenvalue weighted by Gasteiger charge is -2.21. The summed E-state index contributed by atoms with van der Waals surface area (Å²) < 4.78 is 13.0. The van der Waals surface area contributed by atoms with E-state index in [4.69, 9.17) is 21.1 Å². The topological polar surface area (TPSA) is 21.7 Å². The SMILES string of the molecule is CCN(CC)CCc1cc(Br)ccc1OC(C)OCc1ccc(Cl)cc1. The molecule has 0 spiro atoms. The van der Waals surface area contributed by atoms with E-state index >= 15 is 0 Å². The van der Waals surface area contributed by atoms with Gasteiger partial charge in [-0.2, -0.15) is 0 Å². The predicted molar refractivity (Wildman–Crippen MR) is 112 cm³/mol. The summed E-state index contributed by atoms with van der Waals surface area (Å²) in [6, 6.07) is 13.8. The van der Waals surface area contributed by atoms with Gasteiger partial charge in [-0.1, -0.05) is 53.5 Å². The van der Waals surface area contributed by atoms with E-state index < -0.39 is 0 Å². The molecule has 3 nitrogen and oxygen atoms in total. The summed E-state index contributed by atoms with van der Waals surface area (Å²) in [6.45, 7) is 9.92. The van der Waals surface area contributed by atoms with Crippen molar-refractivity contribution in [2.24, 2.45) is 0 Å². The number of hydrogen-bond acceptors (Lipinski definition) is 3. The fourth-order valence-electron chi connectivity index (χ4n) is 2.68. The Balaban J connectivity index is 1.95. The number of nitrogens with zero attached hydrogens (tertiary/aromatic N) is 1. The van der Waals surface area contributed by atoms with E-state index in [2.05, 4.69) is 40.7 Å². The standard InChI is InChI=1S/C21H27BrClNO2/c1-4-24(5-2)13-12-18-14-19(22)8-11-21(18)26-16(3)25-15-17-6-9-20(23)10-7-17/h6-11,14,16H,4-5,12-13,15H2,1-3H3. The van der Waals surface area contributed by atoms with Crippen molar-refractivity contribution in [2.75, 3.05) is 19.6 Å². The molecule has 0 aliphatic heterocycles. The highest BCUT2D eigenvalue weighted by molar-refractivity contribution is 9.10. The van der Waals surface area contributed by atoms with Crippen LogP contribution in [0.4, 0.5) is 0 Å². The van der Waals surface area contributed by atoms with Crippen molar-refractivity contribution in [3.05, 3.63) is 63.1 Å². The third kappa shape index (κ3) is 6.92. The van der Waals surface area contributed by atoms with Crippen LogP contribution in [0.15, 0.2) is 46.9 Å². The number of rotatable bonds is 10. The Kier molecular flexibility index (Phi) is 8.93. The van der Waals surface area contributed by atoms with Gasteiger partial charge < -0.3 is 14.4 Å². The molecular weight excluding hydrogens is 414 g/mol. The molecule has 5 heteroatoms. The Labute approximate surface area is 170 Å². The van der Waals surface area contributed by atoms with Gasteiger partial charge in [0.05, 0.1) is 6.61 Å². The smallest absolute Gasteiger partial charge is 0.197 e. The second-order valence-corrected chi connectivity index (χ2v) is 7.50. The van der Waals surface area contributed by atoms with Crippen LogP contribution < -0.4 is 4.74 Å². The van der Waals surface area contributed by atoms with E-state index in [-0.39, 0.29) is 6.29 Å². The fourth-order valence-corrected chi connectivity index (χ4v) is 3.22. The third-order valence-corrected chi connectivity index (χ3v) is 5.05. The van der Waals surface area contributed by atoms with Gasteiger partial charge in [0.15, 0.2) is 6.29 Å². The molecule has 2 rings (SSSR count). The summed E-state index contributed by atoms with van der Waals surface area (Å²) in [4.78, 5) is 2.41. The van der Waals surface area contributed by atoms with Crippen molar-refractivity contribution in [3.8, 4) is 5.75 Å². The minimum Gasteiger partial charge on any atom is -0.465 e. The summed E-state index contributed by atoms with van der Waals surface area (Å²) in [5.41, 5.74) is 2.26. The number of ether oxygens (including phenoxy) is 2. The highest BCUT2D eigenvalue weighted by Gasteiger charge is 2.11. The van der Waals surface area contributed by atoms with Crippen LogP contribution in [0.1, 0.15) is 31.9 Å². The summed E-state index contributed by atoms with van der Waals surface area (Å²) >= 11 is 9.47. The normalized spacial score (nSPS) is 12.4. The number of likely N-dealkylation sites (N-methyl/N-ethyl adjacent to an activating group) is 1. The molecule has 2 aromatic carbocycles. The first-order chi connectivity index (χ1) is 12.5. The first-order valence-electron chi connectivity index (χ1n) is 9.05. The van der Waals surface area contributed by atoms with E-state index in [0.717, 1.165) is 46.9 Å². The van der Waals surface area contributed by atoms with Gasteiger partial charge in [-0.15, -0.1) is 0 Å². The Morgan fingerprint density at radius 3 is 2.42 bits per heavy atom. The van der Waals surface area contributed by atoms with Crippen LogP contribution in [0.2, 0.25) is 5.02 Å². The second kappa shape index (κ2) is 10.9. The zero-order chi connectivity index (χ0) is 18.9. The zero-order valence-corrected chi connectivity index (χ0v) is 18.0.